The van der Waals surface area contributed by atoms with E-state index in [0.29, 0.717) is 43.7 Å². The van der Waals surface area contributed by atoms with Crippen molar-refractivity contribution in [1.29, 1.82) is 0 Å². The lowest BCUT2D eigenvalue weighted by molar-refractivity contribution is -0.286. The first kappa shape index (κ1) is 27.2. The minimum Gasteiger partial charge on any atom is -0.396 e. The fraction of sp³-hybridized carbons (Fsp3) is 0.552. The van der Waals surface area contributed by atoms with Gasteiger partial charge in [0.1, 0.15) is 11.9 Å². The number of benzene rings is 2. The van der Waals surface area contributed by atoms with Gasteiger partial charge in [-0.2, -0.15) is 0 Å². The Bertz CT molecular complexity index is 1360. The minimum atomic E-state index is -3.75. The van der Waals surface area contributed by atoms with Crippen molar-refractivity contribution in [2.24, 2.45) is 5.41 Å². The van der Waals surface area contributed by atoms with Gasteiger partial charge < -0.3 is 34.3 Å². The third kappa shape index (κ3) is 4.67. The number of hydrogen-bond donors (Lipinski definition) is 2. The van der Waals surface area contributed by atoms with Crippen LogP contribution in [0.1, 0.15) is 51.7 Å². The third-order valence-corrected chi connectivity index (χ3v) is 8.43. The fourth-order valence-electron chi connectivity index (χ4n) is 5.98. The summed E-state index contributed by atoms with van der Waals surface area (Å²) < 4.78 is 63.2. The third-order valence-electron chi connectivity index (χ3n) is 8.43. The van der Waals surface area contributed by atoms with Gasteiger partial charge in [-0.05, 0) is 68.5 Å². The van der Waals surface area contributed by atoms with Crippen molar-refractivity contribution in [2.45, 2.75) is 76.6 Å². The molecule has 2 aromatic rings. The summed E-state index contributed by atoms with van der Waals surface area (Å²) in [5.41, 5.74) is 0.615. The second-order valence-corrected chi connectivity index (χ2v) is 12.3. The Morgan fingerprint density at radius 1 is 1.15 bits per heavy atom. The SMILES string of the molecule is CC1(C)OC[C@H](CN2c3cc(F)c(NC(=O)C4(c5ccc6c(c5)OC(F)(F)O6)CC4)cc3C[C@H]2C(C)(C)CO)O1. The molecule has 0 spiro atoms. The van der Waals surface area contributed by atoms with E-state index >= 15 is 4.39 Å². The molecule has 0 radical (unpaired) electrons. The predicted octanol–water partition coefficient (Wildman–Crippen LogP) is 4.72. The number of aliphatic hydroxyl groups is 1. The summed E-state index contributed by atoms with van der Waals surface area (Å²) in [6, 6.07) is 7.23. The van der Waals surface area contributed by atoms with E-state index in [9.17, 15) is 18.7 Å². The molecule has 3 aliphatic heterocycles. The van der Waals surface area contributed by atoms with E-state index < -0.39 is 34.6 Å². The zero-order chi connectivity index (χ0) is 28.7. The average Bonchev–Trinajstić information content (AvgIpc) is 3.39. The lowest BCUT2D eigenvalue weighted by Crippen LogP contribution is -2.48. The zero-order valence-electron chi connectivity index (χ0n) is 22.9. The van der Waals surface area contributed by atoms with E-state index in [1.165, 1.54) is 18.2 Å². The van der Waals surface area contributed by atoms with Crippen LogP contribution in [0.5, 0.6) is 11.5 Å². The van der Waals surface area contributed by atoms with Crippen LogP contribution in [0.2, 0.25) is 0 Å². The quantitative estimate of drug-likeness (QED) is 0.505. The van der Waals surface area contributed by atoms with Gasteiger partial charge in [-0.15, -0.1) is 8.78 Å². The largest absolute Gasteiger partial charge is 0.586 e. The summed E-state index contributed by atoms with van der Waals surface area (Å²) in [5, 5.41) is 12.9. The van der Waals surface area contributed by atoms with Crippen LogP contribution >= 0.6 is 0 Å². The monoisotopic (exact) mass is 562 g/mol. The number of anilines is 2. The number of hydrogen-bond acceptors (Lipinski definition) is 7. The van der Waals surface area contributed by atoms with Gasteiger partial charge in [0.2, 0.25) is 5.91 Å². The molecule has 2 fully saturated rings. The van der Waals surface area contributed by atoms with E-state index in [4.69, 9.17) is 9.47 Å². The van der Waals surface area contributed by atoms with Crippen LogP contribution in [0.25, 0.3) is 0 Å². The maximum absolute atomic E-state index is 15.5. The van der Waals surface area contributed by atoms with Crippen LogP contribution in [-0.4, -0.2) is 55.0 Å². The zero-order valence-corrected chi connectivity index (χ0v) is 22.9. The van der Waals surface area contributed by atoms with Gasteiger partial charge in [-0.1, -0.05) is 19.9 Å². The van der Waals surface area contributed by atoms with Gasteiger partial charge in [-0.3, -0.25) is 4.79 Å². The molecule has 216 valence electrons. The number of fused-ring (bicyclic) bond motifs is 2. The van der Waals surface area contributed by atoms with E-state index in [1.54, 1.807) is 12.1 Å². The van der Waals surface area contributed by atoms with Crippen LogP contribution in [0, 0.1) is 11.2 Å². The minimum absolute atomic E-state index is 0.0475. The molecule has 1 saturated heterocycles. The number of ether oxygens (including phenoxy) is 4. The molecule has 3 heterocycles. The summed E-state index contributed by atoms with van der Waals surface area (Å²) in [5.74, 6) is -1.95. The molecule has 0 unspecified atom stereocenters. The smallest absolute Gasteiger partial charge is 0.396 e. The molecule has 1 amide bonds. The van der Waals surface area contributed by atoms with Gasteiger partial charge >= 0.3 is 6.29 Å². The molecule has 0 bridgehead atoms. The molecule has 2 atom stereocenters. The molecular weight excluding hydrogens is 529 g/mol. The molecule has 2 N–H and O–H groups in total. The molecule has 2 aromatic carbocycles. The fourth-order valence-corrected chi connectivity index (χ4v) is 5.98. The first-order valence-corrected chi connectivity index (χ1v) is 13.5. The van der Waals surface area contributed by atoms with Gasteiger partial charge in [0.05, 0.1) is 24.3 Å². The van der Waals surface area contributed by atoms with Crippen molar-refractivity contribution < 1.29 is 42.0 Å². The van der Waals surface area contributed by atoms with E-state index in [-0.39, 0.29) is 35.9 Å². The molecule has 4 aliphatic rings. The van der Waals surface area contributed by atoms with Crippen molar-refractivity contribution in [3.63, 3.8) is 0 Å². The van der Waals surface area contributed by atoms with E-state index in [0.717, 1.165) is 5.56 Å². The molecule has 11 heteroatoms. The summed E-state index contributed by atoms with van der Waals surface area (Å²) in [6.45, 7) is 8.42. The normalized spacial score (nSPS) is 25.1. The lowest BCUT2D eigenvalue weighted by Gasteiger charge is -2.39. The van der Waals surface area contributed by atoms with E-state index in [2.05, 4.69) is 19.7 Å². The number of amides is 1. The molecule has 8 nitrogen and oxygen atoms in total. The van der Waals surface area contributed by atoms with E-state index in [1.807, 2.05) is 27.7 Å². The van der Waals surface area contributed by atoms with Crippen molar-refractivity contribution in [2.75, 3.05) is 30.0 Å². The predicted molar refractivity (Wildman–Crippen MR) is 139 cm³/mol. The van der Waals surface area contributed by atoms with Crippen LogP contribution in [0.4, 0.5) is 24.5 Å². The van der Waals surface area contributed by atoms with Crippen LogP contribution in [0.15, 0.2) is 30.3 Å². The maximum atomic E-state index is 15.5. The average molecular weight is 563 g/mol. The van der Waals surface area contributed by atoms with Gasteiger partial charge in [0, 0.05) is 23.7 Å². The van der Waals surface area contributed by atoms with Gasteiger partial charge in [-0.25, -0.2) is 4.39 Å². The Labute approximate surface area is 230 Å². The number of alkyl halides is 2. The standard InChI is InChI=1S/C29H33F3N2O6/c1-26(2,15-35)24-10-16-9-20(19(30)12-21(16)34(24)13-18-14-37-27(3,4)38-18)33-25(36)28(7-8-28)17-5-6-22-23(11-17)40-29(31,32)39-22/h5-6,9,11-12,18,24,35H,7-8,10,13-15H2,1-4H3,(H,33,36)/t18-,24-/m0/s1. The highest BCUT2D eigenvalue weighted by atomic mass is 19.3. The number of rotatable bonds is 7. The number of nitrogens with zero attached hydrogens (tertiary/aromatic N) is 1. The number of carbonyl (C=O) groups excluding carboxylic acids is 1. The highest BCUT2D eigenvalue weighted by Crippen LogP contribution is 2.52. The number of carbonyl (C=O) groups is 1. The van der Waals surface area contributed by atoms with Gasteiger partial charge in [0.15, 0.2) is 17.3 Å². The molecule has 6 rings (SSSR count). The molecule has 40 heavy (non-hydrogen) atoms. The highest BCUT2D eigenvalue weighted by Gasteiger charge is 2.53. The van der Waals surface area contributed by atoms with Crippen LogP contribution in [-0.2, 0) is 26.1 Å². The van der Waals surface area contributed by atoms with Crippen LogP contribution < -0.4 is 19.7 Å². The molecular formula is C29H33F3N2O6. The first-order chi connectivity index (χ1) is 18.7. The Balaban J connectivity index is 1.25. The lowest BCUT2D eigenvalue weighted by atomic mass is 9.83. The Morgan fingerprint density at radius 2 is 1.88 bits per heavy atom. The number of aliphatic hydroxyl groups excluding tert-OH is 1. The van der Waals surface area contributed by atoms with Crippen molar-refractivity contribution in [3.05, 3.63) is 47.3 Å². The Morgan fingerprint density at radius 3 is 2.52 bits per heavy atom. The summed E-state index contributed by atoms with van der Waals surface area (Å²) in [6.07, 6.45) is -2.46. The highest BCUT2D eigenvalue weighted by molar-refractivity contribution is 6.02. The topological polar surface area (TPSA) is 89.5 Å². The summed E-state index contributed by atoms with van der Waals surface area (Å²) in [7, 11) is 0. The van der Waals surface area contributed by atoms with Crippen molar-refractivity contribution in [3.8, 4) is 11.5 Å². The Kier molecular flexibility index (Phi) is 6.11. The van der Waals surface area contributed by atoms with Crippen LogP contribution in [0.3, 0.4) is 0 Å². The Hall–Kier alpha value is -3.02. The molecule has 1 saturated carbocycles. The van der Waals surface area contributed by atoms with Crippen molar-refractivity contribution >= 4 is 17.3 Å². The second-order valence-electron chi connectivity index (χ2n) is 12.3. The number of halogens is 3. The second kappa shape index (κ2) is 8.99. The summed E-state index contributed by atoms with van der Waals surface area (Å²) >= 11 is 0. The first-order valence-electron chi connectivity index (χ1n) is 13.5. The number of nitrogens with one attached hydrogen (secondary N) is 1. The summed E-state index contributed by atoms with van der Waals surface area (Å²) in [4.78, 5) is 15.5. The van der Waals surface area contributed by atoms with Crippen molar-refractivity contribution in [1.82, 2.24) is 0 Å². The van der Waals surface area contributed by atoms with Gasteiger partial charge in [0.25, 0.3) is 0 Å². The maximum Gasteiger partial charge on any atom is 0.586 e. The molecule has 1 aliphatic carbocycles. The molecule has 0 aromatic heterocycles.